The normalized spacial score (nSPS) is 23.4. The lowest BCUT2D eigenvalue weighted by molar-refractivity contribution is -0.220. The van der Waals surface area contributed by atoms with Crippen molar-refractivity contribution in [3.05, 3.63) is 48.6 Å². The van der Waals surface area contributed by atoms with Crippen molar-refractivity contribution >= 4 is 19.8 Å². The number of rotatable bonds is 33. The fraction of sp³-hybridized carbons (Fsp3) is 0.762. The Balaban J connectivity index is 2.53. The highest BCUT2D eigenvalue weighted by molar-refractivity contribution is 7.47. The number of allylic oxidation sites excluding steroid dienone is 8. The molecule has 1 rings (SSSR count). The SMILES string of the molecule is CCC/C=C\C/C=C\CCCCCCCC(=O)OCC(COP(=O)(O)OC1C(O)C(O)C(O)C(O)C1O)OC(=O)CCCCCCC/C=C\C/C=C\CCCC. The predicted octanol–water partition coefficient (Wildman–Crippen LogP) is 7.22. The smallest absolute Gasteiger partial charge is 0.462 e. The van der Waals surface area contributed by atoms with Crippen molar-refractivity contribution in [1.29, 1.82) is 0 Å². The van der Waals surface area contributed by atoms with Gasteiger partial charge in [-0.2, -0.15) is 0 Å². The van der Waals surface area contributed by atoms with E-state index in [1.807, 2.05) is 0 Å². The standard InChI is InChI=1S/C42H73O13P/c1-3-5-7-9-11-13-15-17-19-21-23-25-27-29-31-36(44)54-34(33-53-56(50,51)55-42-40(48)38(46)37(45)39(47)41(42)49)32-52-35(43)30-28-26-24-22-20-18-16-14-12-10-8-6-4-2/h8-11,14-17,34,37-42,45-49H,3-7,12-13,18-33H2,1-2H3,(H,50,51)/b10-8-,11-9-,16-14-,17-15-. The molecule has 0 aromatic carbocycles. The van der Waals surface area contributed by atoms with E-state index in [1.165, 1.54) is 12.8 Å². The molecule has 14 heteroatoms. The molecule has 6 N–H and O–H groups in total. The van der Waals surface area contributed by atoms with Gasteiger partial charge in [-0.05, 0) is 64.2 Å². The van der Waals surface area contributed by atoms with Crippen LogP contribution in [0.15, 0.2) is 48.6 Å². The Kier molecular flexibility index (Phi) is 30.3. The fourth-order valence-corrected chi connectivity index (χ4v) is 6.90. The number of unbranched alkanes of at least 4 members (excludes halogenated alkanes) is 13. The van der Waals surface area contributed by atoms with Crippen LogP contribution in [0, 0.1) is 0 Å². The van der Waals surface area contributed by atoms with E-state index in [-0.39, 0.29) is 12.8 Å². The molecule has 0 aliphatic heterocycles. The number of esters is 2. The van der Waals surface area contributed by atoms with Gasteiger partial charge in [0, 0.05) is 12.8 Å². The van der Waals surface area contributed by atoms with Crippen LogP contribution >= 0.6 is 7.82 Å². The number of carbonyl (C=O) groups is 2. The van der Waals surface area contributed by atoms with Gasteiger partial charge in [0.05, 0.1) is 6.61 Å². The van der Waals surface area contributed by atoms with Crippen LogP contribution in [-0.2, 0) is 32.7 Å². The molecule has 0 bridgehead atoms. The van der Waals surface area contributed by atoms with E-state index in [2.05, 4.69) is 62.5 Å². The van der Waals surface area contributed by atoms with E-state index < -0.39 is 75.7 Å². The fourth-order valence-electron chi connectivity index (χ4n) is 5.93. The van der Waals surface area contributed by atoms with Gasteiger partial charge in [-0.3, -0.25) is 18.6 Å². The summed E-state index contributed by atoms with van der Waals surface area (Å²) >= 11 is 0. The van der Waals surface area contributed by atoms with Crippen LogP contribution in [0.1, 0.15) is 149 Å². The first-order valence-corrected chi connectivity index (χ1v) is 22.4. The molecule has 324 valence electrons. The lowest BCUT2D eigenvalue weighted by atomic mass is 9.85. The Morgan fingerprint density at radius 2 is 1.00 bits per heavy atom. The molecule has 0 aromatic heterocycles. The lowest BCUT2D eigenvalue weighted by Gasteiger charge is -2.41. The van der Waals surface area contributed by atoms with Crippen molar-refractivity contribution in [3.8, 4) is 0 Å². The third kappa shape index (κ3) is 25.2. The summed E-state index contributed by atoms with van der Waals surface area (Å²) in [5, 5.41) is 50.0. The van der Waals surface area contributed by atoms with Crippen LogP contribution in [0.4, 0.5) is 0 Å². The summed E-state index contributed by atoms with van der Waals surface area (Å²) in [4.78, 5) is 35.5. The van der Waals surface area contributed by atoms with Gasteiger partial charge >= 0.3 is 19.8 Å². The maximum absolute atomic E-state index is 12.8. The van der Waals surface area contributed by atoms with Crippen molar-refractivity contribution in [2.24, 2.45) is 0 Å². The number of phosphoric acid groups is 1. The van der Waals surface area contributed by atoms with Gasteiger partial charge in [-0.1, -0.05) is 120 Å². The van der Waals surface area contributed by atoms with Crippen LogP contribution in [0.25, 0.3) is 0 Å². The third-order valence-electron chi connectivity index (χ3n) is 9.37. The zero-order valence-corrected chi connectivity index (χ0v) is 34.8. The summed E-state index contributed by atoms with van der Waals surface area (Å²) in [6, 6.07) is 0. The van der Waals surface area contributed by atoms with Gasteiger partial charge in [-0.25, -0.2) is 4.57 Å². The van der Waals surface area contributed by atoms with E-state index in [4.69, 9.17) is 18.5 Å². The van der Waals surface area contributed by atoms with Crippen molar-refractivity contribution in [2.45, 2.75) is 191 Å². The number of hydrogen-bond donors (Lipinski definition) is 6. The minimum atomic E-state index is -5.12. The molecule has 1 aliphatic rings. The number of hydrogen-bond acceptors (Lipinski definition) is 12. The molecular weight excluding hydrogens is 743 g/mol. The Morgan fingerprint density at radius 1 is 0.554 bits per heavy atom. The molecule has 1 aliphatic carbocycles. The van der Waals surface area contributed by atoms with E-state index in [9.17, 15) is 44.6 Å². The second-order valence-corrected chi connectivity index (χ2v) is 15.9. The predicted molar refractivity (Wildman–Crippen MR) is 216 cm³/mol. The molecule has 0 amide bonds. The number of aliphatic hydroxyl groups is 5. The highest BCUT2D eigenvalue weighted by atomic mass is 31.2. The maximum Gasteiger partial charge on any atom is 0.472 e. The van der Waals surface area contributed by atoms with Gasteiger partial charge in [0.2, 0.25) is 0 Å². The molecule has 6 atom stereocenters. The van der Waals surface area contributed by atoms with Crippen molar-refractivity contribution < 1.29 is 63.1 Å². The Morgan fingerprint density at radius 3 is 1.52 bits per heavy atom. The average molecular weight is 817 g/mol. The minimum Gasteiger partial charge on any atom is -0.462 e. The zero-order chi connectivity index (χ0) is 41.4. The molecular formula is C42H73O13P. The quantitative estimate of drug-likeness (QED) is 0.0168. The maximum atomic E-state index is 12.8. The van der Waals surface area contributed by atoms with E-state index in [0.29, 0.717) is 12.8 Å². The average Bonchev–Trinajstić information content (AvgIpc) is 3.18. The van der Waals surface area contributed by atoms with Crippen LogP contribution in [0.2, 0.25) is 0 Å². The molecule has 0 spiro atoms. The first-order valence-electron chi connectivity index (χ1n) is 20.9. The molecule has 0 radical (unpaired) electrons. The van der Waals surface area contributed by atoms with Crippen LogP contribution in [0.3, 0.4) is 0 Å². The van der Waals surface area contributed by atoms with Crippen LogP contribution in [-0.4, -0.2) is 98.3 Å². The van der Waals surface area contributed by atoms with Gasteiger partial charge < -0.3 is 39.9 Å². The zero-order valence-electron chi connectivity index (χ0n) is 33.9. The molecule has 13 nitrogen and oxygen atoms in total. The van der Waals surface area contributed by atoms with Crippen LogP contribution < -0.4 is 0 Å². The second-order valence-electron chi connectivity index (χ2n) is 14.5. The van der Waals surface area contributed by atoms with Crippen molar-refractivity contribution in [1.82, 2.24) is 0 Å². The Hall–Kier alpha value is -2.19. The molecule has 1 saturated carbocycles. The number of phosphoric ester groups is 1. The first-order chi connectivity index (χ1) is 26.9. The minimum absolute atomic E-state index is 0.0758. The van der Waals surface area contributed by atoms with Gasteiger partial charge in [0.25, 0.3) is 0 Å². The summed E-state index contributed by atoms with van der Waals surface area (Å²) in [6.07, 6.45) is 23.2. The molecule has 1 fully saturated rings. The lowest BCUT2D eigenvalue weighted by Crippen LogP contribution is -2.64. The van der Waals surface area contributed by atoms with Crippen LogP contribution in [0.5, 0.6) is 0 Å². The van der Waals surface area contributed by atoms with Crippen molar-refractivity contribution in [2.75, 3.05) is 13.2 Å². The summed E-state index contributed by atoms with van der Waals surface area (Å²) in [5.74, 6) is -1.14. The topological polar surface area (TPSA) is 210 Å². The summed E-state index contributed by atoms with van der Waals surface area (Å²) in [6.45, 7) is 3.14. The van der Waals surface area contributed by atoms with E-state index >= 15 is 0 Å². The molecule has 0 saturated heterocycles. The van der Waals surface area contributed by atoms with Gasteiger partial charge in [0.1, 0.15) is 43.2 Å². The third-order valence-corrected chi connectivity index (χ3v) is 10.4. The molecule has 56 heavy (non-hydrogen) atoms. The summed E-state index contributed by atoms with van der Waals surface area (Å²) in [5.41, 5.74) is 0. The molecule has 0 aromatic rings. The molecule has 0 heterocycles. The van der Waals surface area contributed by atoms with Gasteiger partial charge in [0.15, 0.2) is 6.10 Å². The Labute approximate surface area is 335 Å². The largest absolute Gasteiger partial charge is 0.472 e. The molecule has 6 unspecified atom stereocenters. The number of carbonyl (C=O) groups excluding carboxylic acids is 2. The van der Waals surface area contributed by atoms with Crippen molar-refractivity contribution in [3.63, 3.8) is 0 Å². The second kappa shape index (κ2) is 32.7. The summed E-state index contributed by atoms with van der Waals surface area (Å²) in [7, 11) is -5.12. The Bertz CT molecular complexity index is 1170. The highest BCUT2D eigenvalue weighted by Crippen LogP contribution is 2.47. The van der Waals surface area contributed by atoms with E-state index in [1.54, 1.807) is 0 Å². The summed E-state index contributed by atoms with van der Waals surface area (Å²) < 4.78 is 33.4. The number of ether oxygens (including phenoxy) is 2. The first kappa shape index (κ1) is 51.8. The monoisotopic (exact) mass is 816 g/mol. The van der Waals surface area contributed by atoms with E-state index in [0.717, 1.165) is 96.3 Å². The highest BCUT2D eigenvalue weighted by Gasteiger charge is 2.51. The van der Waals surface area contributed by atoms with Gasteiger partial charge in [-0.15, -0.1) is 0 Å². The number of aliphatic hydroxyl groups excluding tert-OH is 5.